The lowest BCUT2D eigenvalue weighted by Gasteiger charge is -2.29. The van der Waals surface area contributed by atoms with Crippen molar-refractivity contribution in [1.82, 2.24) is 4.90 Å². The number of hydrogen-bond acceptors (Lipinski definition) is 4. The molecule has 0 aliphatic carbocycles. The normalized spacial score (nSPS) is 12.4. The summed E-state index contributed by atoms with van der Waals surface area (Å²) in [6.07, 6.45) is -0.169. The predicted octanol–water partition coefficient (Wildman–Crippen LogP) is 2.64. The van der Waals surface area contributed by atoms with Crippen LogP contribution in [-0.2, 0) is 20.7 Å². The fourth-order valence-electron chi connectivity index (χ4n) is 1.81. The van der Waals surface area contributed by atoms with Gasteiger partial charge in [-0.2, -0.15) is 0 Å². The van der Waals surface area contributed by atoms with E-state index in [-0.39, 0.29) is 0 Å². The number of hydrogen-bond donors (Lipinski definition) is 0. The van der Waals surface area contributed by atoms with Gasteiger partial charge in [0.25, 0.3) is 0 Å². The van der Waals surface area contributed by atoms with Crippen molar-refractivity contribution < 1.29 is 19.1 Å². The first kappa shape index (κ1) is 17.0. The van der Waals surface area contributed by atoms with Crippen LogP contribution in [0.1, 0.15) is 26.3 Å². The molecule has 1 atom stereocenters. The number of esters is 1. The molecule has 0 saturated heterocycles. The second kappa shape index (κ2) is 7.11. The lowest BCUT2D eigenvalue weighted by atomic mass is 10.1. The van der Waals surface area contributed by atoms with Crippen molar-refractivity contribution in [3.05, 3.63) is 35.9 Å². The Labute approximate surface area is 125 Å². The van der Waals surface area contributed by atoms with Gasteiger partial charge < -0.3 is 9.47 Å². The molecule has 1 aromatic rings. The lowest BCUT2D eigenvalue weighted by Crippen LogP contribution is -2.46. The van der Waals surface area contributed by atoms with Gasteiger partial charge in [-0.25, -0.2) is 9.59 Å². The van der Waals surface area contributed by atoms with Crippen LogP contribution in [0.3, 0.4) is 0 Å². The van der Waals surface area contributed by atoms with Gasteiger partial charge in [0.1, 0.15) is 11.6 Å². The maximum Gasteiger partial charge on any atom is 0.410 e. The third-order valence-corrected chi connectivity index (χ3v) is 2.89. The van der Waals surface area contributed by atoms with E-state index in [0.29, 0.717) is 6.42 Å². The molecule has 0 aliphatic heterocycles. The number of rotatable bonds is 4. The van der Waals surface area contributed by atoms with Crippen molar-refractivity contribution in [3.63, 3.8) is 0 Å². The van der Waals surface area contributed by atoms with Gasteiger partial charge in [-0.1, -0.05) is 30.3 Å². The Balaban J connectivity index is 2.87. The van der Waals surface area contributed by atoms with Crippen LogP contribution < -0.4 is 0 Å². The minimum Gasteiger partial charge on any atom is -0.467 e. The first-order valence-electron chi connectivity index (χ1n) is 6.82. The zero-order valence-electron chi connectivity index (χ0n) is 13.3. The number of carbonyl (C=O) groups is 2. The molecular weight excluding hydrogens is 270 g/mol. The quantitative estimate of drug-likeness (QED) is 0.801. The summed E-state index contributed by atoms with van der Waals surface area (Å²) >= 11 is 0. The second-order valence-electron chi connectivity index (χ2n) is 5.82. The third-order valence-electron chi connectivity index (χ3n) is 2.89. The third kappa shape index (κ3) is 5.45. The molecular formula is C16H23NO4. The van der Waals surface area contributed by atoms with Crippen LogP contribution in [0, 0.1) is 0 Å². The first-order valence-corrected chi connectivity index (χ1v) is 6.82. The lowest BCUT2D eigenvalue weighted by molar-refractivity contribution is -0.146. The number of amides is 1. The van der Waals surface area contributed by atoms with Crippen molar-refractivity contribution in [1.29, 1.82) is 0 Å². The Morgan fingerprint density at radius 2 is 1.76 bits per heavy atom. The molecule has 1 unspecified atom stereocenters. The highest BCUT2D eigenvalue weighted by molar-refractivity contribution is 5.81. The summed E-state index contributed by atoms with van der Waals surface area (Å²) in [6.45, 7) is 5.34. The van der Waals surface area contributed by atoms with Crippen molar-refractivity contribution >= 4 is 12.1 Å². The summed E-state index contributed by atoms with van der Waals surface area (Å²) in [4.78, 5) is 25.3. The van der Waals surface area contributed by atoms with Crippen LogP contribution in [0.25, 0.3) is 0 Å². The van der Waals surface area contributed by atoms with Crippen LogP contribution >= 0.6 is 0 Å². The molecule has 0 fully saturated rings. The summed E-state index contributed by atoms with van der Waals surface area (Å²) in [5, 5.41) is 0. The van der Waals surface area contributed by atoms with Gasteiger partial charge in [0.2, 0.25) is 0 Å². The van der Waals surface area contributed by atoms with Crippen LogP contribution in [0.4, 0.5) is 4.79 Å². The minimum atomic E-state index is -0.716. The largest absolute Gasteiger partial charge is 0.467 e. The van der Waals surface area contributed by atoms with Crippen molar-refractivity contribution in [2.75, 3.05) is 14.2 Å². The van der Waals surface area contributed by atoms with Gasteiger partial charge in [0.05, 0.1) is 7.11 Å². The molecule has 0 saturated carbocycles. The standard InChI is InChI=1S/C16H23NO4/c1-16(2,3)21-15(19)17(4)13(14(18)20-5)11-12-9-7-6-8-10-12/h6-10,13H,11H2,1-5H3. The Morgan fingerprint density at radius 3 is 2.24 bits per heavy atom. The molecule has 0 heterocycles. The number of benzene rings is 1. The number of ether oxygens (including phenoxy) is 2. The maximum absolute atomic E-state index is 12.1. The van der Waals surface area contributed by atoms with E-state index in [1.54, 1.807) is 27.8 Å². The van der Waals surface area contributed by atoms with Gasteiger partial charge in [0, 0.05) is 13.5 Å². The minimum absolute atomic E-state index is 0.378. The molecule has 1 aromatic carbocycles. The monoisotopic (exact) mass is 293 g/mol. The SMILES string of the molecule is COC(=O)C(Cc1ccccc1)N(C)C(=O)OC(C)(C)C. The maximum atomic E-state index is 12.1. The Bertz CT molecular complexity index is 479. The van der Waals surface area contributed by atoms with Crippen LogP contribution in [0.2, 0.25) is 0 Å². The van der Waals surface area contributed by atoms with Crippen molar-refractivity contribution in [2.24, 2.45) is 0 Å². The zero-order valence-corrected chi connectivity index (χ0v) is 13.3. The van der Waals surface area contributed by atoms with Gasteiger partial charge in [0.15, 0.2) is 0 Å². The number of methoxy groups -OCH3 is 1. The summed E-state index contributed by atoms with van der Waals surface area (Å²) in [5.74, 6) is -0.466. The molecule has 0 aromatic heterocycles. The van der Waals surface area contributed by atoms with Crippen LogP contribution in [0.15, 0.2) is 30.3 Å². The van der Waals surface area contributed by atoms with Crippen LogP contribution in [-0.4, -0.2) is 42.8 Å². The Kier molecular flexibility index (Phi) is 5.76. The molecule has 1 amide bonds. The summed E-state index contributed by atoms with van der Waals surface area (Å²) in [7, 11) is 2.85. The molecule has 21 heavy (non-hydrogen) atoms. The Morgan fingerprint density at radius 1 is 1.19 bits per heavy atom. The van der Waals surface area contributed by atoms with Gasteiger partial charge in [-0.05, 0) is 26.3 Å². The average molecular weight is 293 g/mol. The number of nitrogens with zero attached hydrogens (tertiary/aromatic N) is 1. The average Bonchev–Trinajstić information content (AvgIpc) is 2.42. The Hall–Kier alpha value is -2.04. The highest BCUT2D eigenvalue weighted by Crippen LogP contribution is 2.14. The highest BCUT2D eigenvalue weighted by Gasteiger charge is 2.31. The molecule has 0 aliphatic rings. The van der Waals surface area contributed by atoms with E-state index >= 15 is 0 Å². The van der Waals surface area contributed by atoms with E-state index in [9.17, 15) is 9.59 Å². The first-order chi connectivity index (χ1) is 9.74. The van der Waals surface area contributed by atoms with E-state index in [0.717, 1.165) is 5.56 Å². The molecule has 116 valence electrons. The van der Waals surface area contributed by atoms with E-state index in [1.165, 1.54) is 12.0 Å². The molecule has 0 radical (unpaired) electrons. The van der Waals surface area contributed by atoms with Gasteiger partial charge in [-0.15, -0.1) is 0 Å². The van der Waals surface area contributed by atoms with Gasteiger partial charge in [-0.3, -0.25) is 4.90 Å². The second-order valence-corrected chi connectivity index (χ2v) is 5.82. The fraction of sp³-hybridized carbons (Fsp3) is 0.500. The molecule has 5 heteroatoms. The van der Waals surface area contributed by atoms with Crippen LogP contribution in [0.5, 0.6) is 0 Å². The topological polar surface area (TPSA) is 55.8 Å². The smallest absolute Gasteiger partial charge is 0.410 e. The van der Waals surface area contributed by atoms with E-state index < -0.39 is 23.7 Å². The van der Waals surface area contributed by atoms with E-state index in [2.05, 4.69) is 0 Å². The fourth-order valence-corrected chi connectivity index (χ4v) is 1.81. The highest BCUT2D eigenvalue weighted by atomic mass is 16.6. The molecule has 0 spiro atoms. The van der Waals surface area contributed by atoms with Gasteiger partial charge >= 0.3 is 12.1 Å². The number of carbonyl (C=O) groups excluding carboxylic acids is 2. The summed E-state index contributed by atoms with van der Waals surface area (Å²) in [5.41, 5.74) is 0.335. The summed E-state index contributed by atoms with van der Waals surface area (Å²) < 4.78 is 10.1. The zero-order chi connectivity index (χ0) is 16.0. The van der Waals surface area contributed by atoms with Crippen molar-refractivity contribution in [3.8, 4) is 0 Å². The molecule has 1 rings (SSSR count). The molecule has 0 bridgehead atoms. The number of likely N-dealkylation sites (N-methyl/N-ethyl adjacent to an activating group) is 1. The van der Waals surface area contributed by atoms with E-state index in [4.69, 9.17) is 9.47 Å². The van der Waals surface area contributed by atoms with Crippen molar-refractivity contribution in [2.45, 2.75) is 38.8 Å². The summed E-state index contributed by atoms with van der Waals surface area (Å²) in [6, 6.07) is 8.76. The molecule has 5 nitrogen and oxygen atoms in total. The predicted molar refractivity (Wildman–Crippen MR) is 79.9 cm³/mol. The van der Waals surface area contributed by atoms with E-state index in [1.807, 2.05) is 30.3 Å². The molecule has 0 N–H and O–H groups in total.